The van der Waals surface area contributed by atoms with E-state index in [1.54, 1.807) is 0 Å². The van der Waals surface area contributed by atoms with Crippen LogP contribution in [0.4, 0.5) is 0 Å². The minimum atomic E-state index is 0.681. The van der Waals surface area contributed by atoms with Gasteiger partial charge in [0.1, 0.15) is 11.5 Å². The molecule has 0 amide bonds. The van der Waals surface area contributed by atoms with E-state index in [9.17, 15) is 0 Å². The van der Waals surface area contributed by atoms with Crippen molar-refractivity contribution in [1.29, 1.82) is 0 Å². The molecule has 0 aliphatic rings. The van der Waals surface area contributed by atoms with Gasteiger partial charge in [-0.3, -0.25) is 0 Å². The van der Waals surface area contributed by atoms with Crippen LogP contribution in [0.15, 0.2) is 29.6 Å². The summed E-state index contributed by atoms with van der Waals surface area (Å²) in [5.74, 6) is 0.880. The van der Waals surface area contributed by atoms with Crippen LogP contribution in [-0.4, -0.2) is 20.8 Å². The second-order valence-electron chi connectivity index (χ2n) is 2.74. The standard InChI is InChI=1S/C9H9N3O/c1-7-11-8(6-10-13)9-4-2-3-5-12(7)9/h2-6,13H,1H3. The van der Waals surface area contributed by atoms with Crippen LogP contribution in [0.2, 0.25) is 0 Å². The second kappa shape index (κ2) is 2.90. The van der Waals surface area contributed by atoms with Crippen molar-refractivity contribution in [2.75, 3.05) is 0 Å². The molecule has 66 valence electrons. The summed E-state index contributed by atoms with van der Waals surface area (Å²) >= 11 is 0. The molecule has 0 bridgehead atoms. The molecule has 0 saturated heterocycles. The molecule has 0 spiro atoms. The molecule has 2 rings (SSSR count). The van der Waals surface area contributed by atoms with E-state index in [1.807, 2.05) is 35.7 Å². The van der Waals surface area contributed by atoms with Crippen molar-refractivity contribution in [3.63, 3.8) is 0 Å². The quantitative estimate of drug-likeness (QED) is 0.405. The largest absolute Gasteiger partial charge is 0.411 e. The average molecular weight is 175 g/mol. The maximum atomic E-state index is 8.41. The van der Waals surface area contributed by atoms with Crippen LogP contribution in [0.5, 0.6) is 0 Å². The maximum absolute atomic E-state index is 8.41. The lowest BCUT2D eigenvalue weighted by Crippen LogP contribution is -1.84. The Hall–Kier alpha value is -1.84. The van der Waals surface area contributed by atoms with Crippen molar-refractivity contribution in [2.45, 2.75) is 6.92 Å². The van der Waals surface area contributed by atoms with Crippen LogP contribution >= 0.6 is 0 Å². The van der Waals surface area contributed by atoms with Crippen LogP contribution in [0.1, 0.15) is 11.5 Å². The predicted molar refractivity (Wildman–Crippen MR) is 49.3 cm³/mol. The molecular weight excluding hydrogens is 166 g/mol. The van der Waals surface area contributed by atoms with E-state index in [-0.39, 0.29) is 0 Å². The van der Waals surface area contributed by atoms with E-state index in [0.29, 0.717) is 5.69 Å². The molecule has 0 aromatic carbocycles. The maximum Gasteiger partial charge on any atom is 0.111 e. The number of nitrogens with zero attached hydrogens (tertiary/aromatic N) is 3. The number of hydrogen-bond acceptors (Lipinski definition) is 3. The second-order valence-corrected chi connectivity index (χ2v) is 2.74. The fraction of sp³-hybridized carbons (Fsp3) is 0.111. The summed E-state index contributed by atoms with van der Waals surface area (Å²) < 4.78 is 1.94. The third-order valence-electron chi connectivity index (χ3n) is 1.93. The summed E-state index contributed by atoms with van der Waals surface area (Å²) in [6.07, 6.45) is 3.26. The molecule has 1 N–H and O–H groups in total. The molecule has 0 fully saturated rings. The minimum absolute atomic E-state index is 0.681. The zero-order chi connectivity index (χ0) is 9.26. The Bertz CT molecular complexity index is 459. The summed E-state index contributed by atoms with van der Waals surface area (Å²) in [5, 5.41) is 11.4. The number of pyridine rings is 1. The van der Waals surface area contributed by atoms with E-state index < -0.39 is 0 Å². The monoisotopic (exact) mass is 175 g/mol. The normalized spacial score (nSPS) is 11.5. The number of fused-ring (bicyclic) bond motifs is 1. The SMILES string of the molecule is Cc1nc(C=NO)c2ccccn12. The van der Waals surface area contributed by atoms with Crippen molar-refractivity contribution in [3.05, 3.63) is 35.9 Å². The Balaban J connectivity index is 2.77. The van der Waals surface area contributed by atoms with Gasteiger partial charge in [-0.15, -0.1) is 0 Å². The highest BCUT2D eigenvalue weighted by atomic mass is 16.4. The smallest absolute Gasteiger partial charge is 0.111 e. The minimum Gasteiger partial charge on any atom is -0.411 e. The highest BCUT2D eigenvalue weighted by Crippen LogP contribution is 2.09. The van der Waals surface area contributed by atoms with Gasteiger partial charge in [0.2, 0.25) is 0 Å². The molecule has 2 aromatic heterocycles. The molecule has 0 aliphatic carbocycles. The van der Waals surface area contributed by atoms with Gasteiger partial charge in [0.25, 0.3) is 0 Å². The number of oxime groups is 1. The molecule has 4 heteroatoms. The third-order valence-corrected chi connectivity index (χ3v) is 1.93. The fourth-order valence-electron chi connectivity index (χ4n) is 1.37. The number of imidazole rings is 1. The van der Waals surface area contributed by atoms with Crippen molar-refractivity contribution < 1.29 is 5.21 Å². The topological polar surface area (TPSA) is 49.9 Å². The number of hydrogen-bond donors (Lipinski definition) is 1. The predicted octanol–water partition coefficient (Wildman–Crippen LogP) is 1.45. The zero-order valence-electron chi connectivity index (χ0n) is 7.18. The first-order chi connectivity index (χ1) is 6.33. The lowest BCUT2D eigenvalue weighted by molar-refractivity contribution is 0.322. The van der Waals surface area contributed by atoms with Gasteiger partial charge in [0, 0.05) is 6.20 Å². The molecule has 0 unspecified atom stereocenters. The molecule has 0 radical (unpaired) electrons. The Morgan fingerprint density at radius 2 is 2.38 bits per heavy atom. The summed E-state index contributed by atoms with van der Waals surface area (Å²) in [6.45, 7) is 1.90. The van der Waals surface area contributed by atoms with Crippen LogP contribution in [0.25, 0.3) is 5.52 Å². The Morgan fingerprint density at radius 1 is 1.54 bits per heavy atom. The van der Waals surface area contributed by atoms with Crippen molar-refractivity contribution in [2.24, 2.45) is 5.16 Å². The molecule has 0 saturated carbocycles. The molecule has 2 aromatic rings. The number of rotatable bonds is 1. The van der Waals surface area contributed by atoms with Crippen molar-refractivity contribution in [3.8, 4) is 0 Å². The molecule has 2 heterocycles. The molecule has 4 nitrogen and oxygen atoms in total. The van der Waals surface area contributed by atoms with Crippen molar-refractivity contribution in [1.82, 2.24) is 9.38 Å². The van der Waals surface area contributed by atoms with Gasteiger partial charge < -0.3 is 9.61 Å². The van der Waals surface area contributed by atoms with E-state index in [0.717, 1.165) is 11.3 Å². The molecule has 0 atom stereocenters. The summed E-state index contributed by atoms with van der Waals surface area (Å²) in [4.78, 5) is 4.23. The van der Waals surface area contributed by atoms with Gasteiger partial charge in [-0.1, -0.05) is 11.2 Å². The lowest BCUT2D eigenvalue weighted by atomic mass is 10.3. The van der Waals surface area contributed by atoms with E-state index >= 15 is 0 Å². The van der Waals surface area contributed by atoms with Gasteiger partial charge in [0.15, 0.2) is 0 Å². The van der Waals surface area contributed by atoms with Gasteiger partial charge in [-0.05, 0) is 19.1 Å². The van der Waals surface area contributed by atoms with Crippen molar-refractivity contribution >= 4 is 11.7 Å². The summed E-state index contributed by atoms with van der Waals surface area (Å²) in [6, 6.07) is 5.78. The fourth-order valence-corrected chi connectivity index (χ4v) is 1.37. The average Bonchev–Trinajstić information content (AvgIpc) is 2.46. The molecule has 0 aliphatic heterocycles. The Kier molecular flexibility index (Phi) is 1.73. The first-order valence-corrected chi connectivity index (χ1v) is 3.94. The highest BCUT2D eigenvalue weighted by molar-refractivity contribution is 5.86. The first kappa shape index (κ1) is 7.79. The highest BCUT2D eigenvalue weighted by Gasteiger charge is 2.03. The van der Waals surface area contributed by atoms with Gasteiger partial charge in [-0.25, -0.2) is 4.98 Å². The summed E-state index contributed by atoms with van der Waals surface area (Å²) in [5.41, 5.74) is 1.62. The number of aryl methyl sites for hydroxylation is 1. The third kappa shape index (κ3) is 1.16. The number of aromatic nitrogens is 2. The van der Waals surface area contributed by atoms with Crippen LogP contribution in [0, 0.1) is 6.92 Å². The van der Waals surface area contributed by atoms with Crippen LogP contribution in [-0.2, 0) is 0 Å². The first-order valence-electron chi connectivity index (χ1n) is 3.94. The van der Waals surface area contributed by atoms with Gasteiger partial charge >= 0.3 is 0 Å². The van der Waals surface area contributed by atoms with E-state index in [2.05, 4.69) is 10.1 Å². The van der Waals surface area contributed by atoms with Crippen LogP contribution in [0.3, 0.4) is 0 Å². The molecule has 13 heavy (non-hydrogen) atoms. The van der Waals surface area contributed by atoms with Crippen LogP contribution < -0.4 is 0 Å². The van der Waals surface area contributed by atoms with Gasteiger partial charge in [-0.2, -0.15) is 0 Å². The van der Waals surface area contributed by atoms with E-state index in [4.69, 9.17) is 5.21 Å². The molecular formula is C9H9N3O. The zero-order valence-corrected chi connectivity index (χ0v) is 7.18. The Labute approximate surface area is 75.1 Å². The summed E-state index contributed by atoms with van der Waals surface area (Å²) in [7, 11) is 0. The van der Waals surface area contributed by atoms with Gasteiger partial charge in [0.05, 0.1) is 11.7 Å². The lowest BCUT2D eigenvalue weighted by Gasteiger charge is -1.92. The Morgan fingerprint density at radius 3 is 3.15 bits per heavy atom. The van der Waals surface area contributed by atoms with E-state index in [1.165, 1.54) is 6.21 Å².